The van der Waals surface area contributed by atoms with E-state index in [1.165, 1.54) is 7.11 Å². The fraction of sp³-hybridized carbons (Fsp3) is 0.471. The third kappa shape index (κ3) is 8.43. The summed E-state index contributed by atoms with van der Waals surface area (Å²) in [7, 11) is 1.19. The molecule has 0 radical (unpaired) electrons. The molecule has 0 saturated carbocycles. The van der Waals surface area contributed by atoms with Crippen LogP contribution in [-0.2, 0) is 19.1 Å². The SMILES string of the molecule is COC(=O)[C@H](CC(C)C)NC(=O)COC(=O)c1ccc(OC(F)(F)F)cc1. The van der Waals surface area contributed by atoms with Crippen LogP contribution in [0.1, 0.15) is 30.6 Å². The number of carbonyl (C=O) groups excluding carboxylic acids is 3. The number of hydrogen-bond donors (Lipinski definition) is 1. The van der Waals surface area contributed by atoms with Crippen LogP contribution in [0.5, 0.6) is 5.75 Å². The molecule has 0 heterocycles. The van der Waals surface area contributed by atoms with Gasteiger partial charge in [0.1, 0.15) is 11.8 Å². The van der Waals surface area contributed by atoms with Crippen molar-refractivity contribution < 1.29 is 41.8 Å². The standard InChI is InChI=1S/C17H20F3NO6/c1-10(2)8-13(16(24)25-3)21-14(22)9-26-15(23)11-4-6-12(7-5-11)27-17(18,19)20/h4-7,10,13H,8-9H2,1-3H3,(H,21,22)/t13-/m0/s1. The van der Waals surface area contributed by atoms with Gasteiger partial charge in [0.15, 0.2) is 6.61 Å². The fourth-order valence-corrected chi connectivity index (χ4v) is 2.07. The number of methoxy groups -OCH3 is 1. The number of hydrogen-bond acceptors (Lipinski definition) is 6. The first kappa shape index (κ1) is 22.3. The molecule has 0 aliphatic heterocycles. The maximum absolute atomic E-state index is 12.1. The summed E-state index contributed by atoms with van der Waals surface area (Å²) in [4.78, 5) is 35.3. The lowest BCUT2D eigenvalue weighted by Gasteiger charge is -2.18. The molecule has 1 aromatic rings. The highest BCUT2D eigenvalue weighted by molar-refractivity contribution is 5.92. The van der Waals surface area contributed by atoms with Gasteiger partial charge in [-0.2, -0.15) is 0 Å². The van der Waals surface area contributed by atoms with E-state index in [1.807, 2.05) is 13.8 Å². The van der Waals surface area contributed by atoms with E-state index in [0.717, 1.165) is 24.3 Å². The van der Waals surface area contributed by atoms with E-state index in [-0.39, 0.29) is 11.5 Å². The Hall–Kier alpha value is -2.78. The average Bonchev–Trinajstić information content (AvgIpc) is 2.57. The zero-order chi connectivity index (χ0) is 20.6. The number of halogens is 3. The number of ether oxygens (including phenoxy) is 3. The first-order valence-electron chi connectivity index (χ1n) is 7.92. The number of rotatable bonds is 8. The first-order valence-corrected chi connectivity index (χ1v) is 7.92. The lowest BCUT2D eigenvalue weighted by molar-refractivity contribution is -0.274. The van der Waals surface area contributed by atoms with Crippen LogP contribution >= 0.6 is 0 Å². The van der Waals surface area contributed by atoms with Gasteiger partial charge in [-0.3, -0.25) is 4.79 Å². The molecule has 0 aliphatic rings. The van der Waals surface area contributed by atoms with Crippen molar-refractivity contribution in [1.82, 2.24) is 5.32 Å². The van der Waals surface area contributed by atoms with Crippen LogP contribution in [0.2, 0.25) is 0 Å². The van der Waals surface area contributed by atoms with Crippen LogP contribution in [0.15, 0.2) is 24.3 Å². The van der Waals surface area contributed by atoms with Crippen molar-refractivity contribution in [3.05, 3.63) is 29.8 Å². The van der Waals surface area contributed by atoms with Crippen molar-refractivity contribution in [1.29, 1.82) is 0 Å². The smallest absolute Gasteiger partial charge is 0.467 e. The lowest BCUT2D eigenvalue weighted by atomic mass is 10.0. The summed E-state index contributed by atoms with van der Waals surface area (Å²) in [6, 6.07) is 3.15. The summed E-state index contributed by atoms with van der Waals surface area (Å²) in [5, 5.41) is 2.41. The topological polar surface area (TPSA) is 90.9 Å². The first-order chi connectivity index (χ1) is 12.5. The largest absolute Gasteiger partial charge is 0.573 e. The van der Waals surface area contributed by atoms with Gasteiger partial charge in [-0.25, -0.2) is 9.59 Å². The normalized spacial score (nSPS) is 12.3. The molecule has 1 rings (SSSR count). The van der Waals surface area contributed by atoms with Gasteiger partial charge in [0.05, 0.1) is 12.7 Å². The molecule has 0 fully saturated rings. The van der Waals surface area contributed by atoms with Crippen molar-refractivity contribution >= 4 is 17.8 Å². The Morgan fingerprint density at radius 2 is 1.70 bits per heavy atom. The number of benzene rings is 1. The Morgan fingerprint density at radius 3 is 2.19 bits per heavy atom. The van der Waals surface area contributed by atoms with Gasteiger partial charge in [-0.1, -0.05) is 13.8 Å². The molecule has 10 heteroatoms. The molecule has 0 unspecified atom stereocenters. The Morgan fingerprint density at radius 1 is 1.11 bits per heavy atom. The molecule has 0 bridgehead atoms. The minimum atomic E-state index is -4.84. The quantitative estimate of drug-likeness (QED) is 0.685. The summed E-state index contributed by atoms with van der Waals surface area (Å²) in [6.45, 7) is 3.05. The third-order valence-corrected chi connectivity index (χ3v) is 3.19. The molecule has 0 aromatic heterocycles. The van der Waals surface area contributed by atoms with Crippen molar-refractivity contribution in [3.8, 4) is 5.75 Å². The summed E-state index contributed by atoms with van der Waals surface area (Å²) >= 11 is 0. The van der Waals surface area contributed by atoms with Crippen LogP contribution in [0.25, 0.3) is 0 Å². The van der Waals surface area contributed by atoms with Crippen LogP contribution in [-0.4, -0.2) is 44.0 Å². The monoisotopic (exact) mass is 391 g/mol. The fourth-order valence-electron chi connectivity index (χ4n) is 2.07. The molecule has 0 aliphatic carbocycles. The predicted octanol–water partition coefficient (Wildman–Crippen LogP) is 2.45. The second-order valence-corrected chi connectivity index (χ2v) is 5.92. The summed E-state index contributed by atoms with van der Waals surface area (Å²) in [5.41, 5.74) is -0.0657. The molecular formula is C17H20F3NO6. The molecule has 1 amide bonds. The lowest BCUT2D eigenvalue weighted by Crippen LogP contribution is -2.44. The molecule has 7 nitrogen and oxygen atoms in total. The Bertz CT molecular complexity index is 658. The van der Waals surface area contributed by atoms with Gasteiger partial charge in [-0.05, 0) is 36.6 Å². The molecule has 0 spiro atoms. The van der Waals surface area contributed by atoms with Crippen LogP contribution in [0.3, 0.4) is 0 Å². The minimum Gasteiger partial charge on any atom is -0.467 e. The van der Waals surface area contributed by atoms with Crippen LogP contribution in [0.4, 0.5) is 13.2 Å². The van der Waals surface area contributed by atoms with E-state index < -0.39 is 42.6 Å². The van der Waals surface area contributed by atoms with Gasteiger partial charge >= 0.3 is 18.3 Å². The van der Waals surface area contributed by atoms with Crippen molar-refractivity contribution in [2.75, 3.05) is 13.7 Å². The van der Waals surface area contributed by atoms with Gasteiger partial charge in [0.25, 0.3) is 5.91 Å². The summed E-state index contributed by atoms with van der Waals surface area (Å²) < 4.78 is 49.3. The Balaban J connectivity index is 2.57. The molecule has 150 valence electrons. The Kier molecular flexibility index (Phi) is 8.07. The van der Waals surface area contributed by atoms with E-state index >= 15 is 0 Å². The van der Waals surface area contributed by atoms with E-state index in [1.54, 1.807) is 0 Å². The van der Waals surface area contributed by atoms with Gasteiger partial charge in [-0.15, -0.1) is 13.2 Å². The average molecular weight is 391 g/mol. The summed E-state index contributed by atoms with van der Waals surface area (Å²) in [5.74, 6) is -2.64. The van der Waals surface area contributed by atoms with Gasteiger partial charge < -0.3 is 19.5 Å². The van der Waals surface area contributed by atoms with Crippen molar-refractivity contribution in [2.24, 2.45) is 5.92 Å². The number of carbonyl (C=O) groups is 3. The number of nitrogens with one attached hydrogen (secondary N) is 1. The predicted molar refractivity (Wildman–Crippen MR) is 86.8 cm³/mol. The van der Waals surface area contributed by atoms with Gasteiger partial charge in [0.2, 0.25) is 0 Å². The highest BCUT2D eigenvalue weighted by atomic mass is 19.4. The van der Waals surface area contributed by atoms with Gasteiger partial charge in [0, 0.05) is 0 Å². The number of amides is 1. The second kappa shape index (κ2) is 9.79. The molecule has 27 heavy (non-hydrogen) atoms. The molecule has 1 aromatic carbocycles. The maximum atomic E-state index is 12.1. The van der Waals surface area contributed by atoms with Crippen molar-refractivity contribution in [3.63, 3.8) is 0 Å². The van der Waals surface area contributed by atoms with E-state index in [4.69, 9.17) is 4.74 Å². The molecule has 1 N–H and O–H groups in total. The molecule has 0 saturated heterocycles. The molecular weight excluding hydrogens is 371 g/mol. The van der Waals surface area contributed by atoms with E-state index in [9.17, 15) is 27.6 Å². The maximum Gasteiger partial charge on any atom is 0.573 e. The van der Waals surface area contributed by atoms with Crippen LogP contribution in [0, 0.1) is 5.92 Å². The van der Waals surface area contributed by atoms with E-state index in [0.29, 0.717) is 6.42 Å². The number of alkyl halides is 3. The highest BCUT2D eigenvalue weighted by Gasteiger charge is 2.31. The van der Waals surface area contributed by atoms with Crippen molar-refractivity contribution in [2.45, 2.75) is 32.7 Å². The zero-order valence-corrected chi connectivity index (χ0v) is 15.0. The van der Waals surface area contributed by atoms with E-state index in [2.05, 4.69) is 14.8 Å². The third-order valence-electron chi connectivity index (χ3n) is 3.19. The summed E-state index contributed by atoms with van der Waals surface area (Å²) in [6.07, 6.45) is -4.50. The minimum absolute atomic E-state index is 0.0657. The number of esters is 2. The van der Waals surface area contributed by atoms with Crippen LogP contribution < -0.4 is 10.1 Å². The highest BCUT2D eigenvalue weighted by Crippen LogP contribution is 2.22. The second-order valence-electron chi connectivity index (χ2n) is 5.92. The Labute approximate surface area is 153 Å². The zero-order valence-electron chi connectivity index (χ0n) is 15.0. The molecule has 1 atom stereocenters.